The third kappa shape index (κ3) is 6.28. The minimum Gasteiger partial charge on any atom is -0.482 e. The molecule has 0 saturated heterocycles. The molecular weight excluding hydrogens is 286 g/mol. The van der Waals surface area contributed by atoms with E-state index in [4.69, 9.17) is 9.47 Å². The first-order chi connectivity index (χ1) is 8.08. The second kappa shape index (κ2) is 7.29. The minimum atomic E-state index is -0.339. The molecule has 17 heavy (non-hydrogen) atoms. The van der Waals surface area contributed by atoms with Crippen molar-refractivity contribution in [1.82, 2.24) is 0 Å². The Bertz CT molecular complexity index is 351. The maximum atomic E-state index is 11.3. The maximum Gasteiger partial charge on any atom is 0.344 e. The zero-order valence-corrected chi connectivity index (χ0v) is 11.6. The van der Waals surface area contributed by atoms with Crippen molar-refractivity contribution in [3.8, 4) is 5.75 Å². The van der Waals surface area contributed by atoms with Crippen LogP contribution in [0.25, 0.3) is 0 Å². The van der Waals surface area contributed by atoms with Gasteiger partial charge in [0.1, 0.15) is 18.9 Å². The molecule has 94 valence electrons. The SMILES string of the molecule is C[NH+](C)CCOC(=O)COc1ccc(Br)cc1. The first-order valence-electron chi connectivity index (χ1n) is 5.41. The first kappa shape index (κ1) is 14.0. The van der Waals surface area contributed by atoms with E-state index in [2.05, 4.69) is 15.9 Å². The highest BCUT2D eigenvalue weighted by atomic mass is 79.9. The highest BCUT2D eigenvalue weighted by molar-refractivity contribution is 9.10. The summed E-state index contributed by atoms with van der Waals surface area (Å²) in [6.07, 6.45) is 0. The zero-order valence-electron chi connectivity index (χ0n) is 10.0. The molecule has 1 rings (SSSR count). The molecule has 0 aliphatic carbocycles. The molecular formula is C12H17BrNO3+. The number of benzene rings is 1. The van der Waals surface area contributed by atoms with Gasteiger partial charge in [-0.05, 0) is 24.3 Å². The lowest BCUT2D eigenvalue weighted by Gasteiger charge is -2.09. The van der Waals surface area contributed by atoms with Crippen molar-refractivity contribution in [2.45, 2.75) is 0 Å². The van der Waals surface area contributed by atoms with Gasteiger partial charge in [-0.3, -0.25) is 0 Å². The maximum absolute atomic E-state index is 11.3. The van der Waals surface area contributed by atoms with Gasteiger partial charge in [0.2, 0.25) is 0 Å². The number of halogens is 1. The third-order valence-corrected chi connectivity index (χ3v) is 2.56. The van der Waals surface area contributed by atoms with Crippen molar-refractivity contribution in [3.05, 3.63) is 28.7 Å². The van der Waals surface area contributed by atoms with Crippen LogP contribution in [0.3, 0.4) is 0 Å². The van der Waals surface area contributed by atoms with Gasteiger partial charge in [0, 0.05) is 4.47 Å². The number of carbonyl (C=O) groups is 1. The molecule has 0 fully saturated rings. The summed E-state index contributed by atoms with van der Waals surface area (Å²) < 4.78 is 11.3. The number of likely N-dealkylation sites (N-methyl/N-ethyl adjacent to an activating group) is 1. The van der Waals surface area contributed by atoms with Gasteiger partial charge in [0.05, 0.1) is 14.1 Å². The van der Waals surface area contributed by atoms with Crippen LogP contribution in [-0.2, 0) is 9.53 Å². The fourth-order valence-electron chi connectivity index (χ4n) is 1.08. The molecule has 0 radical (unpaired) electrons. The third-order valence-electron chi connectivity index (χ3n) is 2.04. The molecule has 0 heterocycles. The van der Waals surface area contributed by atoms with E-state index in [9.17, 15) is 4.79 Å². The fraction of sp³-hybridized carbons (Fsp3) is 0.417. The lowest BCUT2D eigenvalue weighted by Crippen LogP contribution is -3.06. The van der Waals surface area contributed by atoms with Gasteiger partial charge < -0.3 is 14.4 Å². The van der Waals surface area contributed by atoms with E-state index in [1.165, 1.54) is 4.90 Å². The quantitative estimate of drug-likeness (QED) is 0.779. The Morgan fingerprint density at radius 1 is 1.29 bits per heavy atom. The van der Waals surface area contributed by atoms with Crippen LogP contribution >= 0.6 is 15.9 Å². The van der Waals surface area contributed by atoms with Crippen LogP contribution in [0, 0.1) is 0 Å². The van der Waals surface area contributed by atoms with Gasteiger partial charge >= 0.3 is 5.97 Å². The van der Waals surface area contributed by atoms with E-state index < -0.39 is 0 Å². The summed E-state index contributed by atoms with van der Waals surface area (Å²) in [6, 6.07) is 7.30. The number of hydrogen-bond donors (Lipinski definition) is 1. The number of hydrogen-bond acceptors (Lipinski definition) is 3. The summed E-state index contributed by atoms with van der Waals surface area (Å²) in [5.74, 6) is 0.317. The van der Waals surface area contributed by atoms with E-state index in [1.54, 1.807) is 12.1 Å². The summed E-state index contributed by atoms with van der Waals surface area (Å²) in [4.78, 5) is 12.5. The number of esters is 1. The van der Waals surface area contributed by atoms with Crippen LogP contribution in [0.2, 0.25) is 0 Å². The molecule has 1 aromatic rings. The molecule has 0 spiro atoms. The average molecular weight is 303 g/mol. The van der Waals surface area contributed by atoms with Crippen LogP contribution in [0.5, 0.6) is 5.75 Å². The highest BCUT2D eigenvalue weighted by Crippen LogP contribution is 2.15. The van der Waals surface area contributed by atoms with Crippen LogP contribution in [-0.4, -0.2) is 39.8 Å². The van der Waals surface area contributed by atoms with E-state index in [0.717, 1.165) is 11.0 Å². The Labute approximate surface area is 110 Å². The topological polar surface area (TPSA) is 40.0 Å². The molecule has 0 unspecified atom stereocenters. The van der Waals surface area contributed by atoms with Gasteiger partial charge in [-0.15, -0.1) is 0 Å². The van der Waals surface area contributed by atoms with Crippen LogP contribution in [0.1, 0.15) is 0 Å². The van der Waals surface area contributed by atoms with Crippen LogP contribution in [0.4, 0.5) is 0 Å². The Morgan fingerprint density at radius 2 is 1.94 bits per heavy atom. The molecule has 4 nitrogen and oxygen atoms in total. The molecule has 5 heteroatoms. The Hall–Kier alpha value is -1.07. The fourth-order valence-corrected chi connectivity index (χ4v) is 1.35. The Balaban J connectivity index is 2.21. The standard InChI is InChI=1S/C12H16BrNO3/c1-14(2)7-8-16-12(15)9-17-11-5-3-10(13)4-6-11/h3-6H,7-9H2,1-2H3/p+1. The molecule has 0 aliphatic heterocycles. The van der Waals surface area contributed by atoms with Gasteiger partial charge in [0.25, 0.3) is 0 Å². The minimum absolute atomic E-state index is 0.0512. The van der Waals surface area contributed by atoms with Crippen molar-refractivity contribution >= 4 is 21.9 Å². The second-order valence-corrected chi connectivity index (χ2v) is 4.84. The smallest absolute Gasteiger partial charge is 0.344 e. The summed E-state index contributed by atoms with van der Waals surface area (Å²) >= 11 is 3.32. The molecule has 1 aromatic carbocycles. The number of quaternary nitrogens is 1. The van der Waals surface area contributed by atoms with E-state index >= 15 is 0 Å². The summed E-state index contributed by atoms with van der Waals surface area (Å²) in [6.45, 7) is 1.17. The van der Waals surface area contributed by atoms with Gasteiger partial charge in [0.15, 0.2) is 6.61 Å². The normalized spacial score (nSPS) is 10.4. The lowest BCUT2D eigenvalue weighted by molar-refractivity contribution is -0.858. The molecule has 0 amide bonds. The summed E-state index contributed by atoms with van der Waals surface area (Å²) in [5.41, 5.74) is 0. The van der Waals surface area contributed by atoms with Crippen molar-refractivity contribution in [2.75, 3.05) is 33.9 Å². The van der Waals surface area contributed by atoms with Gasteiger partial charge in [-0.25, -0.2) is 4.79 Å². The molecule has 1 N–H and O–H groups in total. The molecule has 0 atom stereocenters. The molecule has 0 aromatic heterocycles. The zero-order chi connectivity index (χ0) is 12.7. The number of ether oxygens (including phenoxy) is 2. The van der Waals surface area contributed by atoms with Crippen LogP contribution < -0.4 is 9.64 Å². The van der Waals surface area contributed by atoms with Gasteiger partial charge in [-0.1, -0.05) is 15.9 Å². The van der Waals surface area contributed by atoms with Crippen molar-refractivity contribution in [3.63, 3.8) is 0 Å². The number of rotatable bonds is 6. The van der Waals surface area contributed by atoms with Crippen molar-refractivity contribution in [2.24, 2.45) is 0 Å². The first-order valence-corrected chi connectivity index (χ1v) is 6.20. The van der Waals surface area contributed by atoms with Crippen LogP contribution in [0.15, 0.2) is 28.7 Å². The second-order valence-electron chi connectivity index (χ2n) is 3.92. The lowest BCUT2D eigenvalue weighted by atomic mass is 10.3. The van der Waals surface area contributed by atoms with E-state index in [1.807, 2.05) is 26.2 Å². The molecule has 0 bridgehead atoms. The largest absolute Gasteiger partial charge is 0.482 e. The van der Waals surface area contributed by atoms with Gasteiger partial charge in [-0.2, -0.15) is 0 Å². The highest BCUT2D eigenvalue weighted by Gasteiger charge is 2.05. The predicted molar refractivity (Wildman–Crippen MR) is 68.3 cm³/mol. The molecule has 0 aliphatic rings. The Kier molecular flexibility index (Phi) is 6.00. The van der Waals surface area contributed by atoms with E-state index in [-0.39, 0.29) is 12.6 Å². The van der Waals surface area contributed by atoms with E-state index in [0.29, 0.717) is 12.4 Å². The van der Waals surface area contributed by atoms with Crippen molar-refractivity contribution < 1.29 is 19.2 Å². The molecule has 0 saturated carbocycles. The number of carbonyl (C=O) groups excluding carboxylic acids is 1. The predicted octanol–water partition coefficient (Wildman–Crippen LogP) is 0.516. The average Bonchev–Trinajstić information content (AvgIpc) is 2.28. The summed E-state index contributed by atoms with van der Waals surface area (Å²) in [5, 5.41) is 0. The Morgan fingerprint density at radius 3 is 2.53 bits per heavy atom. The van der Waals surface area contributed by atoms with Crippen molar-refractivity contribution in [1.29, 1.82) is 0 Å². The monoisotopic (exact) mass is 302 g/mol. The number of nitrogens with one attached hydrogen (secondary N) is 1. The summed E-state index contributed by atoms with van der Waals surface area (Å²) in [7, 11) is 4.01.